The average molecular weight is 490 g/mol. The average Bonchev–Trinajstić information content (AvgIpc) is 2.81. The van der Waals surface area contributed by atoms with Crippen LogP contribution in [0.5, 0.6) is 0 Å². The van der Waals surface area contributed by atoms with E-state index in [4.69, 9.17) is 11.6 Å². The van der Waals surface area contributed by atoms with Gasteiger partial charge >= 0.3 is 11.1 Å². The maximum Gasteiger partial charge on any atom is 0.316 e. The number of nitrogens with zero attached hydrogens (tertiary/aromatic N) is 2. The van der Waals surface area contributed by atoms with Crippen LogP contribution in [0.2, 0.25) is 5.02 Å². The lowest BCUT2D eigenvalue weighted by molar-refractivity contribution is 0.102. The van der Waals surface area contributed by atoms with E-state index in [1.54, 1.807) is 18.2 Å². The molecule has 1 amide bonds. The Bertz CT molecular complexity index is 1480. The van der Waals surface area contributed by atoms with Gasteiger partial charge in [0.1, 0.15) is 0 Å². The van der Waals surface area contributed by atoms with E-state index in [-0.39, 0.29) is 26.7 Å². The molecule has 1 heterocycles. The highest BCUT2D eigenvalue weighted by Gasteiger charge is 2.32. The molecule has 0 bridgehead atoms. The number of anilines is 1. The number of hydrogen-bond donors (Lipinski definition) is 1. The van der Waals surface area contributed by atoms with Gasteiger partial charge in [0.2, 0.25) is 0 Å². The summed E-state index contributed by atoms with van der Waals surface area (Å²) in [5, 5.41) is 2.33. The first-order chi connectivity index (χ1) is 15.6. The van der Waals surface area contributed by atoms with Gasteiger partial charge in [-0.1, -0.05) is 43.0 Å². The number of hydrogen-bond acceptors (Lipinski definition) is 5. The quantitative estimate of drug-likeness (QED) is 0.566. The molecule has 0 spiro atoms. The predicted octanol–water partition coefficient (Wildman–Crippen LogP) is 3.25. The van der Waals surface area contributed by atoms with Crippen molar-refractivity contribution in [3.05, 3.63) is 67.7 Å². The first kappa shape index (κ1) is 23.3. The fourth-order valence-corrected chi connectivity index (χ4v) is 6.55. The molecule has 1 aliphatic carbocycles. The molecular formula is C23H24ClN3O5S. The Labute approximate surface area is 195 Å². The summed E-state index contributed by atoms with van der Waals surface area (Å²) in [7, 11) is -0.972. The Hall–Kier alpha value is -2.91. The van der Waals surface area contributed by atoms with Gasteiger partial charge in [-0.05, 0) is 37.1 Å². The number of carbonyl (C=O) groups excluding carboxylic acids is 1. The van der Waals surface area contributed by atoms with Crippen molar-refractivity contribution in [1.82, 2.24) is 9.13 Å². The van der Waals surface area contributed by atoms with Crippen molar-refractivity contribution in [2.45, 2.75) is 42.2 Å². The Morgan fingerprint density at radius 1 is 0.970 bits per heavy atom. The number of nitrogens with one attached hydrogen (secondary N) is 1. The van der Waals surface area contributed by atoms with E-state index in [1.807, 2.05) is 0 Å². The smallest absolute Gasteiger partial charge is 0.316 e. The third-order valence-electron chi connectivity index (χ3n) is 6.26. The van der Waals surface area contributed by atoms with Gasteiger partial charge in [0, 0.05) is 14.1 Å². The van der Waals surface area contributed by atoms with Crippen LogP contribution in [-0.2, 0) is 23.9 Å². The van der Waals surface area contributed by atoms with Crippen LogP contribution in [0.4, 0.5) is 5.69 Å². The number of carbonyl (C=O) groups is 1. The van der Waals surface area contributed by atoms with Gasteiger partial charge < -0.3 is 14.5 Å². The minimum atomic E-state index is -3.83. The van der Waals surface area contributed by atoms with E-state index in [0.29, 0.717) is 18.4 Å². The lowest BCUT2D eigenvalue weighted by Crippen LogP contribution is -2.39. The highest BCUT2D eigenvalue weighted by atomic mass is 35.5. The zero-order valence-corrected chi connectivity index (χ0v) is 19.9. The van der Waals surface area contributed by atoms with Gasteiger partial charge in [-0.3, -0.25) is 14.4 Å². The van der Waals surface area contributed by atoms with Crippen LogP contribution < -0.4 is 16.4 Å². The van der Waals surface area contributed by atoms with Crippen LogP contribution >= 0.6 is 11.6 Å². The normalized spacial score (nSPS) is 15.0. The summed E-state index contributed by atoms with van der Waals surface area (Å²) in [6.45, 7) is 0. The summed E-state index contributed by atoms with van der Waals surface area (Å²) in [4.78, 5) is 37.6. The minimum absolute atomic E-state index is 0.0478. The van der Waals surface area contributed by atoms with Crippen molar-refractivity contribution in [2.75, 3.05) is 5.32 Å². The number of sulfone groups is 1. The number of fused-ring (bicyclic) bond motifs is 1. The van der Waals surface area contributed by atoms with Gasteiger partial charge in [0.05, 0.1) is 37.5 Å². The van der Waals surface area contributed by atoms with Gasteiger partial charge in [-0.2, -0.15) is 0 Å². The van der Waals surface area contributed by atoms with E-state index in [2.05, 4.69) is 5.32 Å². The fourth-order valence-electron chi connectivity index (χ4n) is 4.32. The fraction of sp³-hybridized carbons (Fsp3) is 0.348. The molecule has 1 fully saturated rings. The zero-order chi connectivity index (χ0) is 23.9. The second-order valence-corrected chi connectivity index (χ2v) is 10.9. The van der Waals surface area contributed by atoms with Crippen molar-refractivity contribution in [3.8, 4) is 0 Å². The maximum atomic E-state index is 13.7. The zero-order valence-electron chi connectivity index (χ0n) is 18.3. The Kier molecular flexibility index (Phi) is 6.20. The van der Waals surface area contributed by atoms with Gasteiger partial charge in [0.25, 0.3) is 5.91 Å². The molecule has 8 nitrogen and oxygen atoms in total. The lowest BCUT2D eigenvalue weighted by Gasteiger charge is -2.24. The van der Waals surface area contributed by atoms with Gasteiger partial charge in [-0.25, -0.2) is 8.42 Å². The van der Waals surface area contributed by atoms with Crippen LogP contribution in [0.3, 0.4) is 0 Å². The Morgan fingerprint density at radius 3 is 2.15 bits per heavy atom. The molecule has 1 N–H and O–H groups in total. The van der Waals surface area contributed by atoms with Crippen LogP contribution in [0.1, 0.15) is 42.5 Å². The second kappa shape index (κ2) is 8.79. The molecule has 3 aromatic rings. The molecule has 1 aliphatic rings. The molecule has 1 saturated carbocycles. The van der Waals surface area contributed by atoms with Gasteiger partial charge in [0.15, 0.2) is 9.84 Å². The molecule has 33 heavy (non-hydrogen) atoms. The van der Waals surface area contributed by atoms with E-state index < -0.39 is 32.1 Å². The highest BCUT2D eigenvalue weighted by molar-refractivity contribution is 7.92. The maximum absolute atomic E-state index is 13.7. The summed E-state index contributed by atoms with van der Waals surface area (Å²) >= 11 is 6.15. The Balaban J connectivity index is 1.95. The summed E-state index contributed by atoms with van der Waals surface area (Å²) < 4.78 is 29.6. The molecule has 2 aromatic carbocycles. The lowest BCUT2D eigenvalue weighted by atomic mass is 10.0. The van der Waals surface area contributed by atoms with Gasteiger partial charge in [-0.15, -0.1) is 0 Å². The van der Waals surface area contributed by atoms with Crippen LogP contribution in [0.25, 0.3) is 11.0 Å². The molecular weight excluding hydrogens is 466 g/mol. The molecule has 0 atom stereocenters. The van der Waals surface area contributed by atoms with Crippen molar-refractivity contribution >= 4 is 44.1 Å². The standard InChI is InChI=1S/C23H24ClN3O5S/c1-26-18-12-17(25-21(28)15-10-6-7-11-16(15)24)20(13-19(18)27(2)23(30)22(26)29)33(31,32)14-8-4-3-5-9-14/h6-7,10-14H,3-5,8-9H2,1-2H3,(H,25,28). The van der Waals surface area contributed by atoms with Crippen LogP contribution in [-0.4, -0.2) is 28.7 Å². The summed E-state index contributed by atoms with van der Waals surface area (Å²) in [5.74, 6) is -0.574. The second-order valence-electron chi connectivity index (χ2n) is 8.30. The van der Waals surface area contributed by atoms with Crippen molar-refractivity contribution in [2.24, 2.45) is 14.1 Å². The summed E-state index contributed by atoms with van der Waals surface area (Å²) in [6.07, 6.45) is 3.67. The van der Waals surface area contributed by atoms with E-state index >= 15 is 0 Å². The SMILES string of the molecule is Cn1c(=O)c(=O)n(C)c2cc(S(=O)(=O)C3CCCCC3)c(NC(=O)c3ccccc3Cl)cc21. The van der Waals surface area contributed by atoms with Crippen molar-refractivity contribution in [3.63, 3.8) is 0 Å². The first-order valence-electron chi connectivity index (χ1n) is 10.7. The predicted molar refractivity (Wildman–Crippen MR) is 128 cm³/mol. The molecule has 0 unspecified atom stereocenters. The van der Waals surface area contributed by atoms with E-state index in [1.165, 1.54) is 32.3 Å². The first-order valence-corrected chi connectivity index (χ1v) is 12.6. The third-order valence-corrected chi connectivity index (χ3v) is 8.89. The van der Waals surface area contributed by atoms with Crippen LogP contribution in [0, 0.1) is 0 Å². The third kappa shape index (κ3) is 4.11. The summed E-state index contributed by atoms with van der Waals surface area (Å²) in [5.41, 5.74) is -0.678. The number of aryl methyl sites for hydroxylation is 2. The number of benzene rings is 2. The minimum Gasteiger partial charge on any atom is -0.321 e. The van der Waals surface area contributed by atoms with E-state index in [9.17, 15) is 22.8 Å². The topological polar surface area (TPSA) is 107 Å². The number of aromatic nitrogens is 2. The Morgan fingerprint density at radius 2 is 1.55 bits per heavy atom. The molecule has 1 aromatic heterocycles. The van der Waals surface area contributed by atoms with Crippen molar-refractivity contribution < 1.29 is 13.2 Å². The largest absolute Gasteiger partial charge is 0.321 e. The molecule has 4 rings (SSSR count). The highest BCUT2D eigenvalue weighted by Crippen LogP contribution is 2.35. The summed E-state index contributed by atoms with van der Waals surface area (Å²) in [6, 6.07) is 9.25. The molecule has 0 aliphatic heterocycles. The number of halogens is 1. The van der Waals surface area contributed by atoms with E-state index in [0.717, 1.165) is 28.4 Å². The molecule has 0 radical (unpaired) electrons. The number of amides is 1. The van der Waals surface area contributed by atoms with Crippen molar-refractivity contribution in [1.29, 1.82) is 0 Å². The molecule has 10 heteroatoms. The monoisotopic (exact) mass is 489 g/mol. The number of rotatable bonds is 4. The molecule has 0 saturated heterocycles. The van der Waals surface area contributed by atoms with Crippen LogP contribution in [0.15, 0.2) is 50.9 Å². The molecule has 174 valence electrons.